The molecule has 67 valence electrons. The molecule has 0 amide bonds. The first-order valence-electron chi connectivity index (χ1n) is 3.11. The maximum absolute atomic E-state index is 10.7. The van der Waals surface area contributed by atoms with Gasteiger partial charge in [0, 0.05) is 29.6 Å². The van der Waals surface area contributed by atoms with Crippen molar-refractivity contribution >= 4 is 39.9 Å². The van der Waals surface area contributed by atoms with Crippen LogP contribution in [0.1, 0.15) is 0 Å². The standard InChI is InChI=1S/C6H8N2O3S.Na/c7-8-12(9,10)11-6-4-2-1-3-5-6;/h1-5,8H,7H2;. The summed E-state index contributed by atoms with van der Waals surface area (Å²) in [6, 6.07) is 8.07. The Hall–Kier alpha value is -0.110. The molecule has 5 nitrogen and oxygen atoms in total. The topological polar surface area (TPSA) is 81.4 Å². The maximum atomic E-state index is 10.7. The Bertz CT molecular complexity index is 340. The van der Waals surface area contributed by atoms with Crippen molar-refractivity contribution in [3.05, 3.63) is 30.3 Å². The van der Waals surface area contributed by atoms with E-state index in [1.54, 1.807) is 18.2 Å². The first kappa shape index (κ1) is 12.9. The van der Waals surface area contributed by atoms with Crippen molar-refractivity contribution in [2.75, 3.05) is 0 Å². The van der Waals surface area contributed by atoms with Gasteiger partial charge in [0.1, 0.15) is 5.75 Å². The Morgan fingerprint density at radius 2 is 1.77 bits per heavy atom. The number of benzene rings is 1. The minimum Gasteiger partial charge on any atom is -0.370 e. The van der Waals surface area contributed by atoms with Gasteiger partial charge in [0.25, 0.3) is 0 Å². The van der Waals surface area contributed by atoms with Crippen LogP contribution in [0.5, 0.6) is 5.75 Å². The number of para-hydroxylation sites is 1. The van der Waals surface area contributed by atoms with Crippen molar-refractivity contribution in [1.82, 2.24) is 4.83 Å². The molecule has 0 heterocycles. The predicted octanol–water partition coefficient (Wildman–Crippen LogP) is -0.607. The van der Waals surface area contributed by atoms with Crippen LogP contribution in [-0.2, 0) is 10.3 Å². The second-order valence-electron chi connectivity index (χ2n) is 1.97. The molecule has 0 aliphatic carbocycles. The van der Waals surface area contributed by atoms with Gasteiger partial charge in [-0.1, -0.05) is 18.2 Å². The molecule has 1 aromatic carbocycles. The van der Waals surface area contributed by atoms with E-state index in [-0.39, 0.29) is 35.3 Å². The third-order valence-electron chi connectivity index (χ3n) is 1.09. The molecule has 0 spiro atoms. The van der Waals surface area contributed by atoms with Gasteiger partial charge in [-0.15, -0.1) is 4.83 Å². The number of rotatable bonds is 3. The van der Waals surface area contributed by atoms with Crippen LogP contribution in [0.2, 0.25) is 0 Å². The summed E-state index contributed by atoms with van der Waals surface area (Å²) in [6.45, 7) is 0. The SMILES string of the molecule is NNS(=O)(=O)Oc1ccccc1.[Na]. The molecule has 1 aromatic rings. The Morgan fingerprint density at radius 1 is 1.23 bits per heavy atom. The largest absolute Gasteiger partial charge is 0.395 e. The predicted molar refractivity (Wildman–Crippen MR) is 49.1 cm³/mol. The van der Waals surface area contributed by atoms with Crippen molar-refractivity contribution in [3.63, 3.8) is 0 Å². The van der Waals surface area contributed by atoms with Crippen LogP contribution in [0.15, 0.2) is 30.3 Å². The van der Waals surface area contributed by atoms with Crippen LogP contribution in [0.4, 0.5) is 0 Å². The molecule has 1 radical (unpaired) electrons. The number of nitrogens with two attached hydrogens (primary N) is 1. The molecule has 3 N–H and O–H groups in total. The van der Waals surface area contributed by atoms with E-state index in [9.17, 15) is 8.42 Å². The molecule has 0 fully saturated rings. The molecule has 0 aliphatic heterocycles. The number of hydrogen-bond acceptors (Lipinski definition) is 4. The van der Waals surface area contributed by atoms with Crippen molar-refractivity contribution in [1.29, 1.82) is 0 Å². The molecule has 0 saturated heterocycles. The monoisotopic (exact) mass is 211 g/mol. The summed E-state index contributed by atoms with van der Waals surface area (Å²) in [5, 5.41) is 0. The van der Waals surface area contributed by atoms with E-state index < -0.39 is 10.3 Å². The smallest absolute Gasteiger partial charge is 0.370 e. The average molecular weight is 211 g/mol. The van der Waals surface area contributed by atoms with Crippen molar-refractivity contribution in [2.24, 2.45) is 5.84 Å². The Kier molecular flexibility index (Phi) is 5.54. The molecule has 0 bridgehead atoms. The Balaban J connectivity index is 0.00000144. The molecular formula is C6H8N2NaO3S. The second kappa shape index (κ2) is 5.58. The van der Waals surface area contributed by atoms with Crippen molar-refractivity contribution in [3.8, 4) is 5.75 Å². The van der Waals surface area contributed by atoms with Gasteiger partial charge in [0.05, 0.1) is 0 Å². The quantitative estimate of drug-likeness (QED) is 0.397. The summed E-state index contributed by atoms with van der Waals surface area (Å²) in [6.07, 6.45) is 0. The Morgan fingerprint density at radius 3 is 2.23 bits per heavy atom. The number of hydrogen-bond donors (Lipinski definition) is 2. The Labute approximate surface area is 98.8 Å². The summed E-state index contributed by atoms with van der Waals surface area (Å²) in [4.78, 5) is 1.54. The van der Waals surface area contributed by atoms with Gasteiger partial charge in [-0.25, -0.2) is 0 Å². The first-order valence-corrected chi connectivity index (χ1v) is 4.52. The van der Waals surface area contributed by atoms with Crippen LogP contribution in [0.25, 0.3) is 0 Å². The molecule has 0 unspecified atom stereocenters. The third-order valence-corrected chi connectivity index (χ3v) is 1.79. The van der Waals surface area contributed by atoms with Gasteiger partial charge in [-0.3, -0.25) is 5.84 Å². The summed E-state index contributed by atoms with van der Waals surface area (Å²) < 4.78 is 25.9. The second-order valence-corrected chi connectivity index (χ2v) is 3.28. The van der Waals surface area contributed by atoms with E-state index in [0.717, 1.165) is 0 Å². The third kappa shape index (κ3) is 4.61. The van der Waals surface area contributed by atoms with Gasteiger partial charge in [0.15, 0.2) is 0 Å². The van der Waals surface area contributed by atoms with E-state index in [1.165, 1.54) is 17.0 Å². The van der Waals surface area contributed by atoms with Crippen LogP contribution in [0.3, 0.4) is 0 Å². The zero-order valence-corrected chi connectivity index (χ0v) is 9.91. The molecule has 0 aliphatic rings. The van der Waals surface area contributed by atoms with Gasteiger partial charge < -0.3 is 4.18 Å². The fourth-order valence-corrected chi connectivity index (χ4v) is 1.04. The van der Waals surface area contributed by atoms with E-state index in [0.29, 0.717) is 0 Å². The van der Waals surface area contributed by atoms with Crippen LogP contribution < -0.4 is 14.9 Å². The van der Waals surface area contributed by atoms with Gasteiger partial charge >= 0.3 is 10.3 Å². The van der Waals surface area contributed by atoms with E-state index in [1.807, 2.05) is 0 Å². The molecule has 1 rings (SSSR count). The molecule has 0 atom stereocenters. The average Bonchev–Trinajstić information content (AvgIpc) is 2.06. The molecule has 13 heavy (non-hydrogen) atoms. The molecular weight excluding hydrogens is 203 g/mol. The normalized spacial score (nSPS) is 10.2. The molecule has 7 heteroatoms. The van der Waals surface area contributed by atoms with E-state index in [2.05, 4.69) is 4.18 Å². The minimum atomic E-state index is -3.84. The minimum absolute atomic E-state index is 0. The van der Waals surface area contributed by atoms with Gasteiger partial charge in [-0.2, -0.15) is 8.42 Å². The first-order chi connectivity index (χ1) is 5.64. The fraction of sp³-hybridized carbons (Fsp3) is 0. The van der Waals surface area contributed by atoms with Crippen molar-refractivity contribution < 1.29 is 12.6 Å². The zero-order valence-electron chi connectivity index (χ0n) is 7.10. The summed E-state index contributed by atoms with van der Waals surface area (Å²) in [5.74, 6) is 4.91. The van der Waals surface area contributed by atoms with Crippen molar-refractivity contribution in [2.45, 2.75) is 0 Å². The van der Waals surface area contributed by atoms with Crippen LogP contribution in [-0.4, -0.2) is 38.0 Å². The molecule has 0 saturated carbocycles. The maximum Gasteiger partial charge on any atom is 0.395 e. The number of nitrogens with one attached hydrogen (secondary N) is 1. The van der Waals surface area contributed by atoms with E-state index >= 15 is 0 Å². The summed E-state index contributed by atoms with van der Waals surface area (Å²) >= 11 is 0. The van der Waals surface area contributed by atoms with Gasteiger partial charge in [-0.05, 0) is 12.1 Å². The number of hydrazine groups is 1. The van der Waals surface area contributed by atoms with Crippen LogP contribution >= 0.6 is 0 Å². The zero-order chi connectivity index (χ0) is 9.03. The van der Waals surface area contributed by atoms with E-state index in [4.69, 9.17) is 5.84 Å². The molecule has 0 aromatic heterocycles. The fourth-order valence-electron chi connectivity index (χ4n) is 0.627. The van der Waals surface area contributed by atoms with Crippen LogP contribution in [0, 0.1) is 0 Å². The summed E-state index contributed by atoms with van der Waals surface area (Å²) in [7, 11) is -3.84. The summed E-state index contributed by atoms with van der Waals surface area (Å²) in [5.41, 5.74) is 0. The van der Waals surface area contributed by atoms with Gasteiger partial charge in [0.2, 0.25) is 0 Å².